The van der Waals surface area contributed by atoms with Gasteiger partial charge in [0.05, 0.1) is 34.9 Å². The molecule has 0 fully saturated rings. The van der Waals surface area contributed by atoms with E-state index >= 15 is 0 Å². The van der Waals surface area contributed by atoms with Crippen LogP contribution in [0.3, 0.4) is 0 Å². The molecule has 0 bridgehead atoms. The Morgan fingerprint density at radius 3 is 2.73 bits per heavy atom. The van der Waals surface area contributed by atoms with Gasteiger partial charge in [0.25, 0.3) is 0 Å². The summed E-state index contributed by atoms with van der Waals surface area (Å²) in [6.07, 6.45) is 1.18. The minimum Gasteiger partial charge on any atom is -0.387 e. The molecule has 0 aliphatic rings. The van der Waals surface area contributed by atoms with E-state index < -0.39 is 6.10 Å². The van der Waals surface area contributed by atoms with Crippen molar-refractivity contribution < 1.29 is 5.11 Å². The summed E-state index contributed by atoms with van der Waals surface area (Å²) >= 11 is 0. The molecule has 0 saturated heterocycles. The summed E-state index contributed by atoms with van der Waals surface area (Å²) in [5.74, 6) is 0.666. The third-order valence-corrected chi connectivity index (χ3v) is 4.28. The van der Waals surface area contributed by atoms with Gasteiger partial charge in [0.1, 0.15) is 0 Å². The molecule has 4 rings (SSSR count). The predicted molar refractivity (Wildman–Crippen MR) is 101 cm³/mol. The highest BCUT2D eigenvalue weighted by Crippen LogP contribution is 2.25. The molecule has 130 valence electrons. The van der Waals surface area contributed by atoms with Gasteiger partial charge in [0.15, 0.2) is 5.82 Å². The summed E-state index contributed by atoms with van der Waals surface area (Å²) in [6.45, 7) is 2.10. The van der Waals surface area contributed by atoms with Crippen LogP contribution >= 0.6 is 0 Å². The van der Waals surface area contributed by atoms with Gasteiger partial charge in [0, 0.05) is 17.5 Å². The number of nitrogens with two attached hydrogens (primary N) is 1. The normalized spacial score (nSPS) is 12.4. The Hall–Kier alpha value is -3.09. The van der Waals surface area contributed by atoms with E-state index in [1.165, 1.54) is 0 Å². The van der Waals surface area contributed by atoms with Gasteiger partial charge in [-0.1, -0.05) is 24.3 Å². The minimum atomic E-state index is -0.629. The van der Waals surface area contributed by atoms with E-state index in [2.05, 4.69) is 15.1 Å². The number of fused-ring (bicyclic) bond motifs is 1. The first-order chi connectivity index (χ1) is 12.7. The van der Waals surface area contributed by atoms with E-state index in [0.29, 0.717) is 18.1 Å². The lowest BCUT2D eigenvalue weighted by molar-refractivity contribution is 0.194. The van der Waals surface area contributed by atoms with Gasteiger partial charge in [-0.3, -0.25) is 4.98 Å². The number of aromatic nitrogens is 4. The number of nitrogens with zero attached hydrogens (tertiary/aromatic N) is 4. The number of benzene rings is 1. The zero-order chi connectivity index (χ0) is 18.1. The van der Waals surface area contributed by atoms with Crippen LogP contribution in [0.2, 0.25) is 0 Å². The topological polar surface area (TPSA) is 89.8 Å². The maximum absolute atomic E-state index is 9.79. The Morgan fingerprint density at radius 2 is 1.92 bits per heavy atom. The van der Waals surface area contributed by atoms with Gasteiger partial charge in [-0.25, -0.2) is 9.67 Å². The molecule has 0 radical (unpaired) electrons. The van der Waals surface area contributed by atoms with Crippen LogP contribution in [0.15, 0.2) is 60.8 Å². The lowest BCUT2D eigenvalue weighted by atomic mass is 10.1. The lowest BCUT2D eigenvalue weighted by Crippen LogP contribution is -2.03. The predicted octanol–water partition coefficient (Wildman–Crippen LogP) is 2.99. The fourth-order valence-corrected chi connectivity index (χ4v) is 2.90. The second-order valence-electron chi connectivity index (χ2n) is 6.14. The molecule has 1 atom stereocenters. The number of aliphatic hydroxyl groups excluding tert-OH is 1. The quantitative estimate of drug-likeness (QED) is 0.593. The molecule has 3 heterocycles. The molecule has 3 N–H and O–H groups in total. The van der Waals surface area contributed by atoms with Crippen molar-refractivity contribution in [3.63, 3.8) is 0 Å². The summed E-state index contributed by atoms with van der Waals surface area (Å²) < 4.78 is 1.78. The van der Waals surface area contributed by atoms with Gasteiger partial charge in [-0.2, -0.15) is 5.10 Å². The van der Waals surface area contributed by atoms with Gasteiger partial charge < -0.3 is 10.8 Å². The maximum atomic E-state index is 9.79. The first-order valence-corrected chi connectivity index (χ1v) is 8.45. The average molecular weight is 345 g/mol. The van der Waals surface area contributed by atoms with Crippen LogP contribution in [0.5, 0.6) is 0 Å². The molecule has 0 saturated carbocycles. The van der Waals surface area contributed by atoms with Crippen LogP contribution in [0.4, 0.5) is 0 Å². The summed E-state index contributed by atoms with van der Waals surface area (Å²) in [4.78, 5) is 9.10. The number of hydrogen-bond acceptors (Lipinski definition) is 5. The first-order valence-electron chi connectivity index (χ1n) is 8.45. The molecule has 0 amide bonds. The first kappa shape index (κ1) is 16.4. The highest BCUT2D eigenvalue weighted by atomic mass is 16.3. The van der Waals surface area contributed by atoms with Crippen LogP contribution < -0.4 is 5.73 Å². The van der Waals surface area contributed by atoms with Crippen molar-refractivity contribution in [1.29, 1.82) is 0 Å². The largest absolute Gasteiger partial charge is 0.387 e. The van der Waals surface area contributed by atoms with E-state index in [-0.39, 0.29) is 0 Å². The molecule has 6 heteroatoms. The van der Waals surface area contributed by atoms with Crippen molar-refractivity contribution in [2.75, 3.05) is 0 Å². The fraction of sp³-hybridized carbons (Fsp3) is 0.150. The Bertz CT molecular complexity index is 1070. The Labute approximate surface area is 151 Å². The zero-order valence-corrected chi connectivity index (χ0v) is 14.4. The van der Waals surface area contributed by atoms with Crippen LogP contribution in [-0.2, 0) is 6.54 Å². The van der Waals surface area contributed by atoms with E-state index in [0.717, 1.165) is 27.9 Å². The van der Waals surface area contributed by atoms with Crippen LogP contribution in [0, 0.1) is 0 Å². The second-order valence-corrected chi connectivity index (χ2v) is 6.14. The van der Waals surface area contributed by atoms with E-state index in [1.54, 1.807) is 23.9 Å². The molecule has 1 aromatic carbocycles. The molecule has 6 nitrogen and oxygen atoms in total. The van der Waals surface area contributed by atoms with Crippen molar-refractivity contribution in [1.82, 2.24) is 19.7 Å². The zero-order valence-electron chi connectivity index (χ0n) is 14.4. The maximum Gasteiger partial charge on any atom is 0.154 e. The molecule has 1 unspecified atom stereocenters. The third kappa shape index (κ3) is 2.96. The standard InChI is InChI=1S/C20H19N5O/c1-13(26)17-5-3-7-20(24-17)25-19-10-14(8-9-15(19)12-22-25)18-6-2-4-16(11-21)23-18/h2-10,12-13,26H,11,21H2,1H3. The van der Waals surface area contributed by atoms with Crippen molar-refractivity contribution in [3.05, 3.63) is 72.2 Å². The molecule has 4 aromatic rings. The highest BCUT2D eigenvalue weighted by molar-refractivity contribution is 5.84. The van der Waals surface area contributed by atoms with Gasteiger partial charge in [0.2, 0.25) is 0 Å². The summed E-state index contributed by atoms with van der Waals surface area (Å²) in [5.41, 5.74) is 9.95. The Morgan fingerprint density at radius 1 is 1.08 bits per heavy atom. The number of aliphatic hydroxyl groups is 1. The van der Waals surface area contributed by atoms with Crippen LogP contribution in [0.1, 0.15) is 24.4 Å². The molecule has 26 heavy (non-hydrogen) atoms. The number of hydrogen-bond donors (Lipinski definition) is 2. The number of pyridine rings is 2. The van der Waals surface area contributed by atoms with E-state index in [1.807, 2.05) is 48.5 Å². The van der Waals surface area contributed by atoms with Gasteiger partial charge in [-0.05, 0) is 37.3 Å². The molecule has 0 spiro atoms. The smallest absolute Gasteiger partial charge is 0.154 e. The van der Waals surface area contributed by atoms with Crippen LogP contribution in [0.25, 0.3) is 28.0 Å². The second kappa shape index (κ2) is 6.67. The summed E-state index contributed by atoms with van der Waals surface area (Å²) in [6, 6.07) is 17.5. The van der Waals surface area contributed by atoms with E-state index in [4.69, 9.17) is 5.73 Å². The Kier molecular flexibility index (Phi) is 4.20. The van der Waals surface area contributed by atoms with Gasteiger partial charge >= 0.3 is 0 Å². The molecular weight excluding hydrogens is 326 g/mol. The molecule has 3 aromatic heterocycles. The van der Waals surface area contributed by atoms with Crippen molar-refractivity contribution in [2.24, 2.45) is 5.73 Å². The van der Waals surface area contributed by atoms with Crippen molar-refractivity contribution >= 4 is 10.9 Å². The minimum absolute atomic E-state index is 0.407. The summed E-state index contributed by atoms with van der Waals surface area (Å²) in [7, 11) is 0. The number of rotatable bonds is 4. The molecular formula is C20H19N5O. The lowest BCUT2D eigenvalue weighted by Gasteiger charge is -2.08. The van der Waals surface area contributed by atoms with E-state index in [9.17, 15) is 5.11 Å². The molecule has 0 aliphatic heterocycles. The third-order valence-electron chi connectivity index (χ3n) is 4.28. The highest BCUT2D eigenvalue weighted by Gasteiger charge is 2.10. The monoisotopic (exact) mass is 345 g/mol. The summed E-state index contributed by atoms with van der Waals surface area (Å²) in [5, 5.41) is 15.3. The van der Waals surface area contributed by atoms with Crippen molar-refractivity contribution in [2.45, 2.75) is 19.6 Å². The molecule has 0 aliphatic carbocycles. The van der Waals surface area contributed by atoms with Crippen molar-refractivity contribution in [3.8, 4) is 17.1 Å². The Balaban J connectivity index is 1.83. The van der Waals surface area contributed by atoms with Gasteiger partial charge in [-0.15, -0.1) is 0 Å². The SMILES string of the molecule is CC(O)c1cccc(-n2ncc3ccc(-c4cccc(CN)n4)cc32)n1. The van der Waals surface area contributed by atoms with Crippen LogP contribution in [-0.4, -0.2) is 24.9 Å². The average Bonchev–Trinajstić information content (AvgIpc) is 3.11. The fourth-order valence-electron chi connectivity index (χ4n) is 2.90.